The van der Waals surface area contributed by atoms with Gasteiger partial charge in [-0.1, -0.05) is 35.3 Å². The molecule has 0 aliphatic carbocycles. The maximum Gasteiger partial charge on any atom is 0.309 e. The van der Waals surface area contributed by atoms with E-state index in [1.165, 1.54) is 64.0 Å². The minimum absolute atomic E-state index is 0.0155. The fourth-order valence-electron chi connectivity index (χ4n) is 6.33. The molecule has 0 bridgehead atoms. The molecule has 0 saturated heterocycles. The Labute approximate surface area is 347 Å². The van der Waals surface area contributed by atoms with E-state index < -0.39 is 47.2 Å². The molecule has 0 saturated carbocycles. The molecule has 0 fully saturated rings. The first kappa shape index (κ1) is 43.9. The van der Waals surface area contributed by atoms with Crippen LogP contribution in [0.4, 0.5) is 8.78 Å². The smallest absolute Gasteiger partial charge is 0.309 e. The Kier molecular flexibility index (Phi) is 13.5. The fraction of sp³-hybridized carbons (Fsp3) is 0.300. The number of hydrogen-bond acceptors (Lipinski definition) is 11. The van der Waals surface area contributed by atoms with Crippen LogP contribution in [0.1, 0.15) is 77.8 Å². The number of ether oxygens (including phenoxy) is 2. The van der Waals surface area contributed by atoms with Crippen molar-refractivity contribution in [3.63, 3.8) is 0 Å². The van der Waals surface area contributed by atoms with E-state index in [0.717, 1.165) is 20.0 Å². The topological polar surface area (TPSA) is 180 Å². The Balaban J connectivity index is 0.000000230. The average molecular weight is 856 g/mol. The minimum atomic E-state index is -0.778. The number of amides is 4. The molecular formula is C40H38Cl2F2N6O9. The van der Waals surface area contributed by atoms with Crippen LogP contribution < -0.4 is 9.47 Å². The average Bonchev–Trinajstić information content (AvgIpc) is 3.16. The Morgan fingerprint density at radius 3 is 1.66 bits per heavy atom. The summed E-state index contributed by atoms with van der Waals surface area (Å²) in [6, 6.07) is 8.36. The highest BCUT2D eigenvalue weighted by Crippen LogP contribution is 2.38. The zero-order valence-corrected chi connectivity index (χ0v) is 34.2. The van der Waals surface area contributed by atoms with Crippen LogP contribution in [0.15, 0.2) is 42.6 Å². The van der Waals surface area contributed by atoms with Gasteiger partial charge in [0.15, 0.2) is 0 Å². The Bertz CT molecular complexity index is 2390. The predicted octanol–water partition coefficient (Wildman–Crippen LogP) is 5.11. The minimum Gasteiger partial charge on any atom is -0.505 e. The Hall–Kier alpha value is -6.20. The summed E-state index contributed by atoms with van der Waals surface area (Å²) in [4.78, 5) is 88.5. The second kappa shape index (κ2) is 18.2. The third kappa shape index (κ3) is 9.75. The largest absolute Gasteiger partial charge is 0.505 e. The van der Waals surface area contributed by atoms with Crippen LogP contribution in [-0.4, -0.2) is 112 Å². The molecule has 0 atom stereocenters. The molecule has 2 aromatic heterocycles. The zero-order valence-electron chi connectivity index (χ0n) is 32.7. The summed E-state index contributed by atoms with van der Waals surface area (Å²) in [5.74, 6) is -5.53. The van der Waals surface area contributed by atoms with Crippen molar-refractivity contribution in [2.24, 2.45) is 0 Å². The maximum atomic E-state index is 13.5. The van der Waals surface area contributed by atoms with Crippen LogP contribution in [0, 0.1) is 11.6 Å². The fourth-order valence-corrected chi connectivity index (χ4v) is 6.74. The SMILES string of the molecule is CC(=O)Oc1nc(C(=O)N(C)C)c2c(c1OC(C)=O)C(=O)N(Cc1ccc(F)c(Cl)c1)CC2.CN(C)C(=O)c1ncc(O)c2c1CCN(Cc1ccc(F)c(Cl)c1)C2=O. The lowest BCUT2D eigenvalue weighted by Gasteiger charge is -2.31. The zero-order chi connectivity index (χ0) is 43.5. The van der Waals surface area contributed by atoms with E-state index in [2.05, 4.69) is 9.97 Å². The number of benzene rings is 2. The molecule has 19 heteroatoms. The summed E-state index contributed by atoms with van der Waals surface area (Å²) < 4.78 is 37.1. The molecule has 2 aliphatic rings. The van der Waals surface area contributed by atoms with Gasteiger partial charge >= 0.3 is 11.9 Å². The molecule has 4 amide bonds. The van der Waals surface area contributed by atoms with Crippen molar-refractivity contribution in [3.05, 3.63) is 109 Å². The number of esters is 2. The molecule has 0 unspecified atom stereocenters. The summed E-state index contributed by atoms with van der Waals surface area (Å²) in [5, 5.41) is 10.0. The van der Waals surface area contributed by atoms with Gasteiger partial charge in [0.1, 0.15) is 28.8 Å². The van der Waals surface area contributed by atoms with Gasteiger partial charge in [-0.3, -0.25) is 28.8 Å². The normalized spacial score (nSPS) is 13.1. The molecule has 59 heavy (non-hydrogen) atoms. The summed E-state index contributed by atoms with van der Waals surface area (Å²) in [6.45, 7) is 3.09. The van der Waals surface area contributed by atoms with Crippen LogP contribution >= 0.6 is 23.2 Å². The molecule has 4 aromatic rings. The highest BCUT2D eigenvalue weighted by molar-refractivity contribution is 6.31. The van der Waals surface area contributed by atoms with Crippen molar-refractivity contribution in [1.29, 1.82) is 0 Å². The van der Waals surface area contributed by atoms with Gasteiger partial charge in [-0.15, -0.1) is 0 Å². The van der Waals surface area contributed by atoms with Gasteiger partial charge in [-0.2, -0.15) is 0 Å². The van der Waals surface area contributed by atoms with Crippen LogP contribution in [0.3, 0.4) is 0 Å². The number of aromatic nitrogens is 2. The van der Waals surface area contributed by atoms with E-state index in [9.17, 15) is 42.7 Å². The Morgan fingerprint density at radius 2 is 1.20 bits per heavy atom. The van der Waals surface area contributed by atoms with Crippen molar-refractivity contribution < 1.29 is 52.1 Å². The van der Waals surface area contributed by atoms with E-state index in [-0.39, 0.29) is 81.6 Å². The lowest BCUT2D eigenvalue weighted by Crippen LogP contribution is -2.39. The van der Waals surface area contributed by atoms with Crippen molar-refractivity contribution >= 4 is 58.8 Å². The predicted molar refractivity (Wildman–Crippen MR) is 209 cm³/mol. The number of aromatic hydroxyl groups is 1. The molecule has 4 heterocycles. The lowest BCUT2D eigenvalue weighted by molar-refractivity contribution is -0.135. The van der Waals surface area contributed by atoms with Crippen LogP contribution in [0.5, 0.6) is 17.4 Å². The summed E-state index contributed by atoms with van der Waals surface area (Å²) in [7, 11) is 6.21. The first-order valence-corrected chi connectivity index (χ1v) is 18.6. The highest BCUT2D eigenvalue weighted by atomic mass is 35.5. The van der Waals surface area contributed by atoms with Crippen molar-refractivity contribution in [3.8, 4) is 17.4 Å². The third-order valence-electron chi connectivity index (χ3n) is 9.07. The van der Waals surface area contributed by atoms with Crippen LogP contribution in [0.25, 0.3) is 0 Å². The molecule has 6 rings (SSSR count). The number of halogens is 4. The van der Waals surface area contributed by atoms with Gasteiger partial charge in [-0.05, 0) is 48.2 Å². The first-order chi connectivity index (χ1) is 27.8. The van der Waals surface area contributed by atoms with Gasteiger partial charge in [0.05, 0.1) is 27.4 Å². The molecular weight excluding hydrogens is 817 g/mol. The standard InChI is InChI=1S/C22H21ClFN3O6.C18H17ClFN3O3/c1-11(28)32-19-17-14(18(22(31)26(3)4)25-20(19)33-12(2)29)7-8-27(21(17)30)10-13-5-6-16(24)15(23)9-13;1-22(2)18(26)16-11-5-6-23(17(25)15(11)14(24)8-21-16)9-10-3-4-13(20)12(19)7-10/h5-6,9H,7-8,10H2,1-4H3;3-4,7-8,24H,5-6,9H2,1-2H3. The summed E-state index contributed by atoms with van der Waals surface area (Å²) >= 11 is 11.6. The summed E-state index contributed by atoms with van der Waals surface area (Å²) in [5.41, 5.74) is 2.05. The van der Waals surface area contributed by atoms with Gasteiger partial charge < -0.3 is 34.2 Å². The molecule has 15 nitrogen and oxygen atoms in total. The quantitative estimate of drug-likeness (QED) is 0.233. The van der Waals surface area contributed by atoms with Crippen LogP contribution in [-0.2, 0) is 35.5 Å². The van der Waals surface area contributed by atoms with Crippen molar-refractivity contribution in [2.75, 3.05) is 41.3 Å². The number of fused-ring (bicyclic) bond motifs is 2. The van der Waals surface area contributed by atoms with E-state index >= 15 is 0 Å². The van der Waals surface area contributed by atoms with Crippen molar-refractivity contribution in [2.45, 2.75) is 39.8 Å². The highest BCUT2D eigenvalue weighted by Gasteiger charge is 2.37. The second-order valence-corrected chi connectivity index (χ2v) is 14.6. The van der Waals surface area contributed by atoms with E-state index in [1.54, 1.807) is 20.2 Å². The molecule has 0 spiro atoms. The van der Waals surface area contributed by atoms with E-state index in [0.29, 0.717) is 29.7 Å². The number of rotatable bonds is 8. The van der Waals surface area contributed by atoms with E-state index in [1.807, 2.05) is 0 Å². The van der Waals surface area contributed by atoms with Gasteiger partial charge in [0, 0.05) is 79.3 Å². The number of nitrogens with zero attached hydrogens (tertiary/aromatic N) is 6. The molecule has 1 N–H and O–H groups in total. The Morgan fingerprint density at radius 1 is 0.746 bits per heavy atom. The number of hydrogen-bond donors (Lipinski definition) is 1. The van der Waals surface area contributed by atoms with Gasteiger partial charge in [0.25, 0.3) is 29.5 Å². The summed E-state index contributed by atoms with van der Waals surface area (Å²) in [6.07, 6.45) is 1.71. The van der Waals surface area contributed by atoms with Crippen LogP contribution in [0.2, 0.25) is 10.0 Å². The third-order valence-corrected chi connectivity index (χ3v) is 9.65. The van der Waals surface area contributed by atoms with Gasteiger partial charge in [0.2, 0.25) is 5.75 Å². The molecule has 0 radical (unpaired) electrons. The molecule has 310 valence electrons. The molecule has 2 aliphatic heterocycles. The number of carbonyl (C=O) groups excluding carboxylic acids is 6. The van der Waals surface area contributed by atoms with E-state index in [4.69, 9.17) is 32.7 Å². The second-order valence-electron chi connectivity index (χ2n) is 13.8. The lowest BCUT2D eigenvalue weighted by atomic mass is 9.95. The first-order valence-electron chi connectivity index (χ1n) is 17.8. The number of carbonyl (C=O) groups is 6. The maximum absolute atomic E-state index is 13.5. The monoisotopic (exact) mass is 854 g/mol. The van der Waals surface area contributed by atoms with Crippen molar-refractivity contribution in [1.82, 2.24) is 29.6 Å². The number of pyridine rings is 2. The van der Waals surface area contributed by atoms with Gasteiger partial charge in [-0.25, -0.2) is 18.7 Å². The molecule has 2 aromatic carbocycles.